The Hall–Kier alpha value is -2.69. The molecule has 0 amide bonds. The maximum absolute atomic E-state index is 13.2. The molecule has 0 bridgehead atoms. The van der Waals surface area contributed by atoms with E-state index >= 15 is 0 Å². The van der Waals surface area contributed by atoms with E-state index in [9.17, 15) is 13.6 Å². The molecule has 2 aromatic rings. The molecule has 114 valence electrons. The second-order valence-electron chi connectivity index (χ2n) is 4.63. The van der Waals surface area contributed by atoms with E-state index in [1.165, 1.54) is 6.07 Å². The highest BCUT2D eigenvalue weighted by Crippen LogP contribution is 2.24. The van der Waals surface area contributed by atoms with Crippen LogP contribution in [0.3, 0.4) is 0 Å². The van der Waals surface area contributed by atoms with Crippen molar-refractivity contribution < 1.29 is 23.0 Å². The summed E-state index contributed by atoms with van der Waals surface area (Å²) in [7, 11) is 0. The van der Waals surface area contributed by atoms with Crippen molar-refractivity contribution >= 4 is 5.97 Å². The van der Waals surface area contributed by atoms with E-state index in [1.54, 1.807) is 31.2 Å². The van der Waals surface area contributed by atoms with E-state index in [0.29, 0.717) is 16.9 Å². The molecule has 0 aromatic heterocycles. The molecule has 0 atom stereocenters. The molecule has 0 N–H and O–H groups in total. The third-order valence-corrected chi connectivity index (χ3v) is 2.87. The van der Waals surface area contributed by atoms with Crippen molar-refractivity contribution in [1.82, 2.24) is 0 Å². The Balaban J connectivity index is 1.99. The highest BCUT2D eigenvalue weighted by Gasteiger charge is 2.06. The lowest BCUT2D eigenvalue weighted by Crippen LogP contribution is -2.10. The fourth-order valence-electron chi connectivity index (χ4n) is 1.69. The lowest BCUT2D eigenvalue weighted by atomic mass is 10.1. The average Bonchev–Trinajstić information content (AvgIpc) is 2.50. The summed E-state index contributed by atoms with van der Waals surface area (Å²) >= 11 is 0. The molecule has 0 saturated carbocycles. The van der Waals surface area contributed by atoms with Gasteiger partial charge in [-0.2, -0.15) is 0 Å². The van der Waals surface area contributed by atoms with Crippen molar-refractivity contribution in [1.29, 1.82) is 0 Å². The minimum Gasteiger partial charge on any atom is -0.457 e. The predicted molar refractivity (Wildman–Crippen MR) is 78.2 cm³/mol. The molecule has 2 aromatic carbocycles. The van der Waals surface area contributed by atoms with Crippen LogP contribution in [0.25, 0.3) is 11.1 Å². The van der Waals surface area contributed by atoms with Crippen LogP contribution in [0.4, 0.5) is 8.78 Å². The zero-order chi connectivity index (χ0) is 16.1. The Morgan fingerprint density at radius 2 is 1.68 bits per heavy atom. The third-order valence-electron chi connectivity index (χ3n) is 2.87. The normalized spacial score (nSPS) is 10.1. The molecule has 0 heterocycles. The van der Waals surface area contributed by atoms with E-state index in [0.717, 1.165) is 12.1 Å². The number of hydrogen-bond donors (Lipinski definition) is 0. The van der Waals surface area contributed by atoms with Gasteiger partial charge < -0.3 is 9.47 Å². The summed E-state index contributed by atoms with van der Waals surface area (Å²) in [6.45, 7) is 4.77. The van der Waals surface area contributed by atoms with Crippen molar-refractivity contribution in [2.24, 2.45) is 0 Å². The van der Waals surface area contributed by atoms with Crippen LogP contribution in [0.1, 0.15) is 6.92 Å². The molecular weight excluding hydrogens is 290 g/mol. The SMILES string of the molecule is C=C(C)C(=O)OCOc1ccc(-c2ccc(F)c(F)c2)cc1. The zero-order valence-electron chi connectivity index (χ0n) is 11.9. The molecule has 5 heteroatoms. The van der Waals surface area contributed by atoms with Crippen molar-refractivity contribution in [3.05, 3.63) is 66.3 Å². The number of hydrogen-bond acceptors (Lipinski definition) is 3. The van der Waals surface area contributed by atoms with Gasteiger partial charge in [0, 0.05) is 5.57 Å². The van der Waals surface area contributed by atoms with Crippen LogP contribution in [0.15, 0.2) is 54.6 Å². The number of carbonyl (C=O) groups excluding carboxylic acids is 1. The fraction of sp³-hybridized carbons (Fsp3) is 0.118. The molecule has 0 fully saturated rings. The third kappa shape index (κ3) is 3.91. The van der Waals surface area contributed by atoms with Gasteiger partial charge in [0.25, 0.3) is 0 Å². The van der Waals surface area contributed by atoms with Gasteiger partial charge in [0.2, 0.25) is 6.79 Å². The van der Waals surface area contributed by atoms with E-state index in [1.807, 2.05) is 0 Å². The molecule has 0 unspecified atom stereocenters. The van der Waals surface area contributed by atoms with Crippen molar-refractivity contribution in [3.8, 4) is 16.9 Å². The van der Waals surface area contributed by atoms with Crippen LogP contribution >= 0.6 is 0 Å². The van der Waals surface area contributed by atoms with E-state index in [4.69, 9.17) is 9.47 Å². The molecule has 0 radical (unpaired) electrons. The molecular formula is C17H14F2O3. The van der Waals surface area contributed by atoms with Crippen molar-refractivity contribution in [2.45, 2.75) is 6.92 Å². The smallest absolute Gasteiger partial charge is 0.335 e. The van der Waals surface area contributed by atoms with Gasteiger partial charge in [-0.1, -0.05) is 24.8 Å². The first-order chi connectivity index (χ1) is 10.5. The van der Waals surface area contributed by atoms with Crippen LogP contribution in [0.5, 0.6) is 5.75 Å². The largest absolute Gasteiger partial charge is 0.457 e. The van der Waals surface area contributed by atoms with E-state index in [2.05, 4.69) is 6.58 Å². The summed E-state index contributed by atoms with van der Waals surface area (Å²) in [5.74, 6) is -1.83. The zero-order valence-corrected chi connectivity index (χ0v) is 11.9. The Morgan fingerprint density at radius 1 is 1.05 bits per heavy atom. The molecule has 0 saturated heterocycles. The molecule has 22 heavy (non-hydrogen) atoms. The number of halogens is 2. The number of carbonyl (C=O) groups is 1. The highest BCUT2D eigenvalue weighted by molar-refractivity contribution is 5.86. The summed E-state index contributed by atoms with van der Waals surface area (Å²) in [4.78, 5) is 11.2. The number of ether oxygens (including phenoxy) is 2. The first-order valence-electron chi connectivity index (χ1n) is 6.48. The quantitative estimate of drug-likeness (QED) is 0.474. The maximum Gasteiger partial charge on any atom is 0.335 e. The summed E-state index contributed by atoms with van der Waals surface area (Å²) in [6, 6.07) is 10.4. The van der Waals surface area contributed by atoms with Gasteiger partial charge in [0.15, 0.2) is 11.6 Å². The van der Waals surface area contributed by atoms with Crippen LogP contribution in [-0.4, -0.2) is 12.8 Å². The monoisotopic (exact) mass is 304 g/mol. The number of rotatable bonds is 5. The predicted octanol–water partition coefficient (Wildman–Crippen LogP) is 4.09. The lowest BCUT2D eigenvalue weighted by Gasteiger charge is -2.08. The second-order valence-corrected chi connectivity index (χ2v) is 4.63. The van der Waals surface area contributed by atoms with Gasteiger partial charge in [0.1, 0.15) is 5.75 Å². The molecule has 2 rings (SSSR count). The Morgan fingerprint density at radius 3 is 2.27 bits per heavy atom. The van der Waals surface area contributed by atoms with Crippen LogP contribution in [0.2, 0.25) is 0 Å². The van der Waals surface area contributed by atoms with E-state index in [-0.39, 0.29) is 12.4 Å². The van der Waals surface area contributed by atoms with Gasteiger partial charge >= 0.3 is 5.97 Å². The summed E-state index contributed by atoms with van der Waals surface area (Å²) in [6.07, 6.45) is 0. The molecule has 0 spiro atoms. The Labute approximate surface area is 126 Å². The summed E-state index contributed by atoms with van der Waals surface area (Å²) in [5.41, 5.74) is 1.56. The molecule has 0 aliphatic rings. The standard InChI is InChI=1S/C17H14F2O3/c1-11(2)17(20)22-10-21-14-6-3-12(4-7-14)13-5-8-15(18)16(19)9-13/h3-9H,1,10H2,2H3. The van der Waals surface area contributed by atoms with Gasteiger partial charge in [-0.3, -0.25) is 0 Å². The van der Waals surface area contributed by atoms with Gasteiger partial charge in [0.05, 0.1) is 0 Å². The Bertz CT molecular complexity index is 694. The van der Waals surface area contributed by atoms with Crippen LogP contribution in [-0.2, 0) is 9.53 Å². The van der Waals surface area contributed by atoms with Gasteiger partial charge in [-0.25, -0.2) is 13.6 Å². The molecule has 0 aliphatic heterocycles. The number of benzene rings is 2. The minimum absolute atomic E-state index is 0.226. The second kappa shape index (κ2) is 6.85. The van der Waals surface area contributed by atoms with Crippen LogP contribution < -0.4 is 4.74 Å². The topological polar surface area (TPSA) is 35.5 Å². The molecule has 3 nitrogen and oxygen atoms in total. The van der Waals surface area contributed by atoms with Crippen molar-refractivity contribution in [3.63, 3.8) is 0 Å². The van der Waals surface area contributed by atoms with Gasteiger partial charge in [-0.05, 0) is 42.3 Å². The first-order valence-corrected chi connectivity index (χ1v) is 6.48. The average molecular weight is 304 g/mol. The Kier molecular flexibility index (Phi) is 4.88. The fourth-order valence-corrected chi connectivity index (χ4v) is 1.69. The summed E-state index contributed by atoms with van der Waals surface area (Å²) in [5, 5.41) is 0. The lowest BCUT2D eigenvalue weighted by molar-refractivity contribution is -0.145. The number of esters is 1. The van der Waals surface area contributed by atoms with Crippen molar-refractivity contribution in [2.75, 3.05) is 6.79 Å². The first kappa shape index (κ1) is 15.7. The highest BCUT2D eigenvalue weighted by atomic mass is 19.2. The maximum atomic E-state index is 13.2. The van der Waals surface area contributed by atoms with Crippen LogP contribution in [0, 0.1) is 11.6 Å². The minimum atomic E-state index is -0.899. The van der Waals surface area contributed by atoms with Gasteiger partial charge in [-0.15, -0.1) is 0 Å². The van der Waals surface area contributed by atoms with E-state index < -0.39 is 17.6 Å². The summed E-state index contributed by atoms with van der Waals surface area (Å²) < 4.78 is 36.1. The molecule has 0 aliphatic carbocycles.